The molecule has 0 radical (unpaired) electrons. The predicted molar refractivity (Wildman–Crippen MR) is 104 cm³/mol. The van der Waals surface area contributed by atoms with Crippen LogP contribution in [0.3, 0.4) is 0 Å². The quantitative estimate of drug-likeness (QED) is 0.208. The van der Waals surface area contributed by atoms with E-state index in [4.69, 9.17) is 51.1 Å². The molecule has 8 N–H and O–H groups in total. The van der Waals surface area contributed by atoms with Gasteiger partial charge in [-0.2, -0.15) is 0 Å². The predicted octanol–water partition coefficient (Wildman–Crippen LogP) is -0.123. The third-order valence-electron chi connectivity index (χ3n) is 1.14. The van der Waals surface area contributed by atoms with Crippen molar-refractivity contribution in [2.45, 2.75) is 66.5 Å². The molecule has 0 amide bonds. The summed E-state index contributed by atoms with van der Waals surface area (Å²) < 4.78 is 0. The zero-order valence-corrected chi connectivity index (χ0v) is 15.0. The number of nitrogens with two attached hydrogens (primary N) is 2. The van der Waals surface area contributed by atoms with E-state index in [0.717, 1.165) is 34.1 Å². The Bertz CT molecular complexity index is 266. The number of hydrogen-bond donors (Lipinski definition) is 6. The van der Waals surface area contributed by atoms with E-state index in [1.807, 2.05) is 0 Å². The molecule has 10 nitrogen and oxygen atoms in total. The Morgan fingerprint density at radius 1 is 0.692 bits per heavy atom. The normalized spacial score (nSPS) is 7.08. The summed E-state index contributed by atoms with van der Waals surface area (Å²) in [6.45, 7) is 6.50. The molecule has 0 aromatic rings. The summed E-state index contributed by atoms with van der Waals surface area (Å²) in [5, 5.41) is 29.7. The SMILES string of the molecule is CC(=O)O.CC(=O)O.CC(=O)O.CC(=O)O.CCCCCC(N)N.[NaH].[NaH]. The average Bonchev–Trinajstić information content (AvgIpc) is 2.25. The first-order chi connectivity index (χ1) is 10.7. The van der Waals surface area contributed by atoms with Crippen LogP contribution in [-0.2, 0) is 19.2 Å². The molecule has 0 saturated heterocycles. The molecule has 0 bridgehead atoms. The van der Waals surface area contributed by atoms with Gasteiger partial charge in [0.05, 0.1) is 6.17 Å². The van der Waals surface area contributed by atoms with Crippen molar-refractivity contribution in [2.75, 3.05) is 0 Å². The number of unbranched alkanes of at least 4 members (excludes halogenated alkanes) is 2. The van der Waals surface area contributed by atoms with Crippen molar-refractivity contribution >= 4 is 83.0 Å². The van der Waals surface area contributed by atoms with Crippen LogP contribution in [-0.4, -0.2) is 110 Å². The fourth-order valence-electron chi connectivity index (χ4n) is 0.630. The molecule has 0 rings (SSSR count). The van der Waals surface area contributed by atoms with Crippen LogP contribution < -0.4 is 11.5 Å². The Morgan fingerprint density at radius 2 is 0.885 bits per heavy atom. The Balaban J connectivity index is -0.0000000355. The maximum atomic E-state index is 9.00. The van der Waals surface area contributed by atoms with Crippen molar-refractivity contribution < 1.29 is 39.6 Å². The number of rotatable bonds is 4. The van der Waals surface area contributed by atoms with Gasteiger partial charge in [-0.3, -0.25) is 19.2 Å². The third kappa shape index (κ3) is 537. The molecular formula is C14H34N2Na2O8. The number of hydrogen-bond acceptors (Lipinski definition) is 6. The first-order valence-corrected chi connectivity index (χ1v) is 6.99. The standard InChI is InChI=1S/C6H16N2.4C2H4O2.2Na.2H/c1-2-3-4-5-6(7)8;4*1-2(3)4;;;;/h6H,2-5,7-8H2,1H3;4*1H3,(H,3,4);;;;. The molecule has 0 aliphatic carbocycles. The monoisotopic (exact) mass is 404 g/mol. The summed E-state index contributed by atoms with van der Waals surface area (Å²) in [4.78, 5) is 36.0. The first kappa shape index (κ1) is 44.9. The molecule has 0 aromatic carbocycles. The summed E-state index contributed by atoms with van der Waals surface area (Å²) in [5.41, 5.74) is 10.6. The van der Waals surface area contributed by atoms with Gasteiger partial charge in [-0.1, -0.05) is 26.2 Å². The molecule has 0 fully saturated rings. The minimum atomic E-state index is -0.833. The van der Waals surface area contributed by atoms with Crippen LogP contribution in [0, 0.1) is 0 Å². The van der Waals surface area contributed by atoms with Gasteiger partial charge in [-0.05, 0) is 6.42 Å². The van der Waals surface area contributed by atoms with Gasteiger partial charge in [0.1, 0.15) is 0 Å². The van der Waals surface area contributed by atoms with E-state index in [0.29, 0.717) is 0 Å². The van der Waals surface area contributed by atoms with Crippen LogP contribution in [0.5, 0.6) is 0 Å². The number of aliphatic carboxylic acids is 4. The Morgan fingerprint density at radius 3 is 1.00 bits per heavy atom. The van der Waals surface area contributed by atoms with E-state index in [1.54, 1.807) is 0 Å². The maximum absolute atomic E-state index is 9.00. The van der Waals surface area contributed by atoms with Crippen molar-refractivity contribution in [3.8, 4) is 0 Å². The third-order valence-corrected chi connectivity index (χ3v) is 1.14. The summed E-state index contributed by atoms with van der Waals surface area (Å²) in [5.74, 6) is -3.33. The van der Waals surface area contributed by atoms with Crippen molar-refractivity contribution in [2.24, 2.45) is 11.5 Å². The summed E-state index contributed by atoms with van der Waals surface area (Å²) >= 11 is 0. The van der Waals surface area contributed by atoms with Gasteiger partial charge in [-0.15, -0.1) is 0 Å². The molecule has 0 unspecified atom stereocenters. The van der Waals surface area contributed by atoms with Crippen LogP contribution >= 0.6 is 0 Å². The Hall–Kier alpha value is -0.200. The van der Waals surface area contributed by atoms with Crippen LogP contribution in [0.25, 0.3) is 0 Å². The molecule has 0 aliphatic rings. The second-order valence-electron chi connectivity index (χ2n) is 4.24. The van der Waals surface area contributed by atoms with E-state index < -0.39 is 23.9 Å². The molecule has 12 heteroatoms. The first-order valence-electron chi connectivity index (χ1n) is 6.99. The fourth-order valence-corrected chi connectivity index (χ4v) is 0.630. The summed E-state index contributed by atoms with van der Waals surface area (Å²) in [6, 6.07) is 0. The summed E-state index contributed by atoms with van der Waals surface area (Å²) in [7, 11) is 0. The van der Waals surface area contributed by atoms with Gasteiger partial charge in [0.25, 0.3) is 23.9 Å². The van der Waals surface area contributed by atoms with E-state index in [-0.39, 0.29) is 65.3 Å². The molecule has 0 atom stereocenters. The molecular weight excluding hydrogens is 370 g/mol. The van der Waals surface area contributed by atoms with Crippen LogP contribution in [0.15, 0.2) is 0 Å². The zero-order chi connectivity index (χ0) is 20.7. The molecule has 0 spiro atoms. The van der Waals surface area contributed by atoms with E-state index in [2.05, 4.69) is 6.92 Å². The number of carbonyl (C=O) groups is 4. The van der Waals surface area contributed by atoms with Crippen LogP contribution in [0.2, 0.25) is 0 Å². The molecule has 26 heavy (non-hydrogen) atoms. The van der Waals surface area contributed by atoms with Gasteiger partial charge in [-0.25, -0.2) is 0 Å². The Kier molecular flexibility index (Phi) is 68.6. The van der Waals surface area contributed by atoms with Gasteiger partial charge in [0.15, 0.2) is 0 Å². The van der Waals surface area contributed by atoms with Crippen LogP contribution in [0.1, 0.15) is 60.3 Å². The van der Waals surface area contributed by atoms with Crippen LogP contribution in [0.4, 0.5) is 0 Å². The molecule has 0 saturated carbocycles. The van der Waals surface area contributed by atoms with E-state index >= 15 is 0 Å². The fraction of sp³-hybridized carbons (Fsp3) is 0.714. The van der Waals surface area contributed by atoms with E-state index in [1.165, 1.54) is 19.3 Å². The van der Waals surface area contributed by atoms with Crippen molar-refractivity contribution in [3.63, 3.8) is 0 Å². The molecule has 0 aliphatic heterocycles. The van der Waals surface area contributed by atoms with Gasteiger partial charge in [0, 0.05) is 27.7 Å². The van der Waals surface area contributed by atoms with Crippen molar-refractivity contribution in [1.82, 2.24) is 0 Å². The number of carboxylic acids is 4. The van der Waals surface area contributed by atoms with Crippen molar-refractivity contribution in [1.29, 1.82) is 0 Å². The van der Waals surface area contributed by atoms with Gasteiger partial charge in [0.2, 0.25) is 0 Å². The molecule has 0 aromatic heterocycles. The zero-order valence-electron chi connectivity index (χ0n) is 15.0. The second kappa shape index (κ2) is 39.7. The second-order valence-corrected chi connectivity index (χ2v) is 4.24. The minimum absolute atomic E-state index is 0. The topological polar surface area (TPSA) is 201 Å². The molecule has 0 heterocycles. The van der Waals surface area contributed by atoms with E-state index in [9.17, 15) is 0 Å². The van der Waals surface area contributed by atoms with Crippen molar-refractivity contribution in [3.05, 3.63) is 0 Å². The average molecular weight is 404 g/mol. The van der Waals surface area contributed by atoms with Gasteiger partial charge < -0.3 is 31.9 Å². The van der Waals surface area contributed by atoms with Gasteiger partial charge >= 0.3 is 59.1 Å². The summed E-state index contributed by atoms with van der Waals surface area (Å²) in [6.07, 6.45) is 4.54. The molecule has 150 valence electrons. The Labute approximate surface area is 199 Å². The number of carboxylic acid groups (broad SMARTS) is 4.